The van der Waals surface area contributed by atoms with Crippen LogP contribution in [0, 0.1) is 17.2 Å². The topological polar surface area (TPSA) is 61.8 Å². The molecule has 1 aliphatic carbocycles. The minimum Gasteiger partial charge on any atom is -0.398 e. The number of nitrogens with two attached hydrogens (primary N) is 1. The minimum atomic E-state index is 0.553. The predicted octanol–water partition coefficient (Wildman–Crippen LogP) is 3.91. The van der Waals surface area contributed by atoms with Gasteiger partial charge < -0.3 is 11.1 Å². The summed E-state index contributed by atoms with van der Waals surface area (Å²) in [5, 5.41) is 12.4. The summed E-state index contributed by atoms with van der Waals surface area (Å²) >= 11 is 0. The Bertz CT molecular complexity index is 454. The Labute approximate surface area is 115 Å². The molecule has 0 saturated heterocycles. The standard InChI is InChI=1S/C16H23N3/c1-2-3-12-4-7-14(8-5-12)19-15-9-6-13(11-17)16(18)10-15/h6,9-10,12,14,19H,2-5,7-8,18H2,1H3. The summed E-state index contributed by atoms with van der Waals surface area (Å²) in [5.74, 6) is 0.925. The summed E-state index contributed by atoms with van der Waals surface area (Å²) < 4.78 is 0. The molecular formula is C16H23N3. The highest BCUT2D eigenvalue weighted by Gasteiger charge is 2.20. The van der Waals surface area contributed by atoms with Crippen LogP contribution in [0.5, 0.6) is 0 Å². The summed E-state index contributed by atoms with van der Waals surface area (Å²) in [6, 6.07) is 8.26. The van der Waals surface area contributed by atoms with Crippen molar-refractivity contribution < 1.29 is 0 Å². The Kier molecular flexibility index (Phi) is 4.68. The largest absolute Gasteiger partial charge is 0.398 e. The van der Waals surface area contributed by atoms with Crippen molar-refractivity contribution >= 4 is 11.4 Å². The maximum Gasteiger partial charge on any atom is 0.101 e. The zero-order valence-corrected chi connectivity index (χ0v) is 11.7. The molecule has 0 aliphatic heterocycles. The number of rotatable bonds is 4. The number of hydrogen-bond donors (Lipinski definition) is 2. The smallest absolute Gasteiger partial charge is 0.101 e. The van der Waals surface area contributed by atoms with Gasteiger partial charge in [-0.2, -0.15) is 5.26 Å². The quantitative estimate of drug-likeness (QED) is 0.804. The van der Waals surface area contributed by atoms with E-state index in [9.17, 15) is 0 Å². The second-order valence-corrected chi connectivity index (χ2v) is 5.56. The zero-order valence-electron chi connectivity index (χ0n) is 11.7. The molecule has 3 heteroatoms. The van der Waals surface area contributed by atoms with E-state index in [-0.39, 0.29) is 0 Å². The van der Waals surface area contributed by atoms with Crippen LogP contribution in [-0.4, -0.2) is 6.04 Å². The van der Waals surface area contributed by atoms with E-state index in [0.717, 1.165) is 11.6 Å². The van der Waals surface area contributed by atoms with Crippen LogP contribution in [0.15, 0.2) is 18.2 Å². The third kappa shape index (κ3) is 3.64. The fraction of sp³-hybridized carbons (Fsp3) is 0.562. The lowest BCUT2D eigenvalue weighted by Gasteiger charge is -2.29. The van der Waals surface area contributed by atoms with Gasteiger partial charge in [-0.3, -0.25) is 0 Å². The first-order valence-corrected chi connectivity index (χ1v) is 7.29. The molecule has 0 unspecified atom stereocenters. The summed E-state index contributed by atoms with van der Waals surface area (Å²) in [6.07, 6.45) is 7.81. The molecule has 1 aromatic rings. The number of anilines is 2. The third-order valence-corrected chi connectivity index (χ3v) is 4.09. The third-order valence-electron chi connectivity index (χ3n) is 4.09. The van der Waals surface area contributed by atoms with Crippen molar-refractivity contribution in [2.24, 2.45) is 5.92 Å². The zero-order chi connectivity index (χ0) is 13.7. The van der Waals surface area contributed by atoms with Crippen LogP contribution in [-0.2, 0) is 0 Å². The van der Waals surface area contributed by atoms with Gasteiger partial charge in [-0.05, 0) is 49.8 Å². The summed E-state index contributed by atoms with van der Waals surface area (Å²) in [4.78, 5) is 0. The molecule has 1 aliphatic rings. The van der Waals surface area contributed by atoms with Crippen LogP contribution in [0.3, 0.4) is 0 Å². The number of benzene rings is 1. The Morgan fingerprint density at radius 3 is 2.63 bits per heavy atom. The van der Waals surface area contributed by atoms with Gasteiger partial charge in [-0.25, -0.2) is 0 Å². The van der Waals surface area contributed by atoms with E-state index in [1.807, 2.05) is 12.1 Å². The molecule has 0 radical (unpaired) electrons. The highest BCUT2D eigenvalue weighted by molar-refractivity contribution is 5.62. The molecule has 0 atom stereocenters. The van der Waals surface area contributed by atoms with Crippen molar-refractivity contribution in [1.29, 1.82) is 5.26 Å². The molecule has 0 heterocycles. The molecule has 1 aromatic carbocycles. The van der Waals surface area contributed by atoms with Gasteiger partial charge in [0.2, 0.25) is 0 Å². The van der Waals surface area contributed by atoms with Crippen LogP contribution < -0.4 is 11.1 Å². The summed E-state index contributed by atoms with van der Waals surface area (Å²) in [6.45, 7) is 2.27. The second kappa shape index (κ2) is 6.47. The number of nitrogens with one attached hydrogen (secondary N) is 1. The number of nitrogens with zero attached hydrogens (tertiary/aromatic N) is 1. The van der Waals surface area contributed by atoms with Gasteiger partial charge in [0.1, 0.15) is 6.07 Å². The Morgan fingerprint density at radius 1 is 1.32 bits per heavy atom. The first-order chi connectivity index (χ1) is 9.22. The SMILES string of the molecule is CCCC1CCC(Nc2ccc(C#N)c(N)c2)CC1. The normalized spacial score (nSPS) is 22.7. The number of nitrogen functional groups attached to an aromatic ring is 1. The van der Waals surface area contributed by atoms with E-state index in [4.69, 9.17) is 11.0 Å². The van der Waals surface area contributed by atoms with Crippen LogP contribution in [0.1, 0.15) is 51.0 Å². The van der Waals surface area contributed by atoms with E-state index in [0.29, 0.717) is 17.3 Å². The van der Waals surface area contributed by atoms with E-state index in [1.54, 1.807) is 6.07 Å². The fourth-order valence-corrected chi connectivity index (χ4v) is 2.99. The maximum absolute atomic E-state index is 8.86. The van der Waals surface area contributed by atoms with Gasteiger partial charge in [0, 0.05) is 11.7 Å². The van der Waals surface area contributed by atoms with Crippen LogP contribution in [0.25, 0.3) is 0 Å². The Hall–Kier alpha value is -1.69. The first kappa shape index (κ1) is 13.7. The molecule has 3 N–H and O–H groups in total. The van der Waals surface area contributed by atoms with Crippen molar-refractivity contribution in [1.82, 2.24) is 0 Å². The highest BCUT2D eigenvalue weighted by atomic mass is 14.9. The number of nitriles is 1. The lowest BCUT2D eigenvalue weighted by molar-refractivity contribution is 0.319. The first-order valence-electron chi connectivity index (χ1n) is 7.29. The maximum atomic E-state index is 8.86. The van der Waals surface area contributed by atoms with E-state index >= 15 is 0 Å². The molecule has 0 aromatic heterocycles. The lowest BCUT2D eigenvalue weighted by atomic mass is 9.83. The van der Waals surface area contributed by atoms with E-state index in [1.165, 1.54) is 38.5 Å². The van der Waals surface area contributed by atoms with Crippen molar-refractivity contribution in [3.8, 4) is 6.07 Å². The van der Waals surface area contributed by atoms with Gasteiger partial charge in [-0.1, -0.05) is 19.8 Å². The van der Waals surface area contributed by atoms with Crippen molar-refractivity contribution in [2.45, 2.75) is 51.5 Å². The molecule has 19 heavy (non-hydrogen) atoms. The van der Waals surface area contributed by atoms with Crippen LogP contribution in [0.4, 0.5) is 11.4 Å². The average Bonchev–Trinajstić information content (AvgIpc) is 2.42. The molecule has 3 nitrogen and oxygen atoms in total. The van der Waals surface area contributed by atoms with E-state index < -0.39 is 0 Å². The predicted molar refractivity (Wildman–Crippen MR) is 79.8 cm³/mol. The molecule has 102 valence electrons. The molecule has 0 bridgehead atoms. The minimum absolute atomic E-state index is 0.553. The van der Waals surface area contributed by atoms with Crippen molar-refractivity contribution in [3.63, 3.8) is 0 Å². The summed E-state index contributed by atoms with van der Waals surface area (Å²) in [5.41, 5.74) is 7.99. The van der Waals surface area contributed by atoms with Gasteiger partial charge >= 0.3 is 0 Å². The Morgan fingerprint density at radius 2 is 2.05 bits per heavy atom. The average molecular weight is 257 g/mol. The molecule has 1 fully saturated rings. The van der Waals surface area contributed by atoms with Gasteiger partial charge in [0.05, 0.1) is 11.3 Å². The lowest BCUT2D eigenvalue weighted by Crippen LogP contribution is -2.26. The van der Waals surface area contributed by atoms with Crippen molar-refractivity contribution in [3.05, 3.63) is 23.8 Å². The molecule has 0 spiro atoms. The number of hydrogen-bond acceptors (Lipinski definition) is 3. The Balaban J connectivity index is 1.89. The monoisotopic (exact) mass is 257 g/mol. The highest BCUT2D eigenvalue weighted by Crippen LogP contribution is 2.30. The van der Waals surface area contributed by atoms with Crippen LogP contribution >= 0.6 is 0 Å². The van der Waals surface area contributed by atoms with E-state index in [2.05, 4.69) is 18.3 Å². The van der Waals surface area contributed by atoms with Gasteiger partial charge in [0.25, 0.3) is 0 Å². The molecular weight excluding hydrogens is 234 g/mol. The summed E-state index contributed by atoms with van der Waals surface area (Å²) in [7, 11) is 0. The molecule has 2 rings (SSSR count). The molecule has 0 amide bonds. The molecule has 1 saturated carbocycles. The van der Waals surface area contributed by atoms with Gasteiger partial charge in [0.15, 0.2) is 0 Å². The second-order valence-electron chi connectivity index (χ2n) is 5.56. The van der Waals surface area contributed by atoms with Crippen LogP contribution in [0.2, 0.25) is 0 Å². The van der Waals surface area contributed by atoms with Gasteiger partial charge in [-0.15, -0.1) is 0 Å². The van der Waals surface area contributed by atoms with Crippen molar-refractivity contribution in [2.75, 3.05) is 11.1 Å². The fourth-order valence-electron chi connectivity index (χ4n) is 2.99.